The van der Waals surface area contributed by atoms with Crippen molar-refractivity contribution >= 4 is 40.4 Å². The second kappa shape index (κ2) is 10.9. The van der Waals surface area contributed by atoms with Gasteiger partial charge in [0, 0.05) is 7.11 Å². The molecule has 2 unspecified atom stereocenters. The molecule has 1 aliphatic heterocycles. The number of anilines is 1. The van der Waals surface area contributed by atoms with Gasteiger partial charge in [0.25, 0.3) is 15.6 Å². The number of methoxy groups -OCH3 is 1. The zero-order valence-electron chi connectivity index (χ0n) is 17.5. The SMILES string of the molecule is COCCO[C@@H]1[C@H](O)[C@@H](COP(=O)([O-])OP(=O)([O-])OP(=O)([O-])[O-])O[C@H]1n1cnc2c(N)ncnc21. The molecule has 1 fully saturated rings. The Morgan fingerprint density at radius 3 is 2.49 bits per heavy atom. The largest absolute Gasteiger partial charge is 0.790 e. The zero-order valence-corrected chi connectivity index (χ0v) is 20.2. The molecule has 0 amide bonds. The molecule has 198 valence electrons. The van der Waals surface area contributed by atoms with Gasteiger partial charge in [-0.2, -0.15) is 0 Å². The summed E-state index contributed by atoms with van der Waals surface area (Å²) in [5, 5.41) is 10.7. The van der Waals surface area contributed by atoms with Crippen molar-refractivity contribution in [3.8, 4) is 0 Å². The summed E-state index contributed by atoms with van der Waals surface area (Å²) in [5.41, 5.74) is 6.16. The predicted octanol–water partition coefficient (Wildman–Crippen LogP) is -3.49. The third kappa shape index (κ3) is 7.31. The van der Waals surface area contributed by atoms with Crippen LogP contribution in [0.2, 0.25) is 0 Å². The van der Waals surface area contributed by atoms with E-state index in [-0.39, 0.29) is 30.2 Å². The second-order valence-electron chi connectivity index (χ2n) is 6.77. The molecule has 3 rings (SSSR count). The number of nitrogen functional groups attached to an aromatic ring is 1. The Morgan fingerprint density at radius 2 is 1.83 bits per heavy atom. The van der Waals surface area contributed by atoms with Gasteiger partial charge in [-0.05, 0) is 0 Å². The number of aliphatic hydroxyl groups is 1. The van der Waals surface area contributed by atoms with E-state index in [0.29, 0.717) is 0 Å². The lowest BCUT2D eigenvalue weighted by molar-refractivity contribution is -0.339. The van der Waals surface area contributed by atoms with Gasteiger partial charge < -0.3 is 53.7 Å². The van der Waals surface area contributed by atoms with Gasteiger partial charge in [-0.3, -0.25) is 18.0 Å². The van der Waals surface area contributed by atoms with Gasteiger partial charge in [-0.25, -0.2) is 19.3 Å². The molecular weight excluding hydrogens is 543 g/mol. The number of hydrogen-bond acceptors (Lipinski definition) is 18. The van der Waals surface area contributed by atoms with Crippen LogP contribution in [0.25, 0.3) is 11.2 Å². The van der Waals surface area contributed by atoms with E-state index in [0.717, 1.165) is 6.33 Å². The van der Waals surface area contributed by atoms with Crippen molar-refractivity contribution in [2.75, 3.05) is 32.7 Å². The highest BCUT2D eigenvalue weighted by molar-refractivity contribution is 7.64. The van der Waals surface area contributed by atoms with E-state index in [1.807, 2.05) is 0 Å². The highest BCUT2D eigenvalue weighted by Gasteiger charge is 2.46. The minimum atomic E-state index is -6.15. The monoisotopic (exact) mass is 561 g/mol. The Labute approximate surface area is 196 Å². The normalized spacial score (nSPS) is 26.6. The van der Waals surface area contributed by atoms with Crippen LogP contribution in [0.5, 0.6) is 0 Å². The Hall–Kier alpha value is -1.40. The summed E-state index contributed by atoms with van der Waals surface area (Å²) in [4.78, 5) is 55.9. The van der Waals surface area contributed by atoms with Crippen LogP contribution in [0.4, 0.5) is 5.82 Å². The van der Waals surface area contributed by atoms with Crippen molar-refractivity contribution in [2.24, 2.45) is 0 Å². The molecule has 0 bridgehead atoms. The maximum Gasteiger partial charge on any atom is 0.278 e. The topological polar surface area (TPSA) is 289 Å². The number of rotatable bonds is 12. The molecule has 0 spiro atoms. The van der Waals surface area contributed by atoms with E-state index in [4.69, 9.17) is 19.9 Å². The van der Waals surface area contributed by atoms with E-state index >= 15 is 0 Å². The van der Waals surface area contributed by atoms with Gasteiger partial charge in [0.2, 0.25) is 0 Å². The first kappa shape index (κ1) is 28.2. The molecule has 3 heterocycles. The first-order valence-electron chi connectivity index (χ1n) is 9.31. The number of phosphoric acid groups is 3. The van der Waals surface area contributed by atoms with Crippen LogP contribution in [0, 0.1) is 0 Å². The maximum atomic E-state index is 11.8. The van der Waals surface area contributed by atoms with Gasteiger partial charge >= 0.3 is 0 Å². The van der Waals surface area contributed by atoms with Crippen LogP contribution >= 0.6 is 23.5 Å². The van der Waals surface area contributed by atoms with E-state index in [1.165, 1.54) is 18.0 Å². The van der Waals surface area contributed by atoms with E-state index in [1.54, 1.807) is 0 Å². The smallest absolute Gasteiger partial charge is 0.278 e. The lowest BCUT2D eigenvalue weighted by Crippen LogP contribution is -2.36. The van der Waals surface area contributed by atoms with Crippen LogP contribution in [0.1, 0.15) is 6.23 Å². The van der Waals surface area contributed by atoms with Crippen molar-refractivity contribution in [1.29, 1.82) is 0 Å². The van der Waals surface area contributed by atoms with Crippen molar-refractivity contribution in [3.05, 3.63) is 12.7 Å². The number of aliphatic hydroxyl groups excluding tert-OH is 1. The van der Waals surface area contributed by atoms with Crippen molar-refractivity contribution in [3.63, 3.8) is 0 Å². The van der Waals surface area contributed by atoms with E-state index in [9.17, 15) is 38.4 Å². The summed E-state index contributed by atoms with van der Waals surface area (Å²) in [5.74, 6) is 0.0541. The number of aromatic nitrogens is 4. The number of hydrogen-bond donors (Lipinski definition) is 2. The second-order valence-corrected chi connectivity index (χ2v) is 11.0. The molecule has 19 nitrogen and oxygen atoms in total. The molecule has 0 saturated carbocycles. The third-order valence-electron chi connectivity index (χ3n) is 4.37. The lowest BCUT2D eigenvalue weighted by atomic mass is 10.1. The van der Waals surface area contributed by atoms with Crippen molar-refractivity contribution in [1.82, 2.24) is 19.5 Å². The van der Waals surface area contributed by atoms with Crippen molar-refractivity contribution < 1.29 is 65.7 Å². The molecule has 3 N–H and O–H groups in total. The maximum absolute atomic E-state index is 11.8. The molecule has 22 heteroatoms. The number of fused-ring (bicyclic) bond motifs is 1. The lowest BCUT2D eigenvalue weighted by Gasteiger charge is -2.37. The standard InChI is InChI=1S/C13H22N5O14P3/c1-27-2-3-28-10-9(19)7(4-29-34(23,24)32-35(25,26)31-33(20,21)22)30-13(10)18-6-17-8-11(14)15-5-16-12(8)18/h5-7,9-10,13,19H,2-4H2,1H3,(H,23,24)(H,25,26)(H2,14,15,16)(H2,20,21,22)/p-4/t7-,9-,10-,13-/m1/s1. The van der Waals surface area contributed by atoms with Gasteiger partial charge in [-0.15, -0.1) is 0 Å². The van der Waals surface area contributed by atoms with E-state index < -0.39 is 54.6 Å². The molecule has 2 aromatic rings. The summed E-state index contributed by atoms with van der Waals surface area (Å²) >= 11 is 0. The molecule has 1 saturated heterocycles. The van der Waals surface area contributed by atoms with Crippen LogP contribution in [-0.2, 0) is 41.1 Å². The van der Waals surface area contributed by atoms with Gasteiger partial charge in [0.1, 0.15) is 30.2 Å². The van der Waals surface area contributed by atoms with Crippen LogP contribution in [0.15, 0.2) is 12.7 Å². The highest BCUT2D eigenvalue weighted by Crippen LogP contribution is 2.60. The van der Waals surface area contributed by atoms with Crippen LogP contribution in [-0.4, -0.2) is 69.9 Å². The summed E-state index contributed by atoms with van der Waals surface area (Å²) in [6, 6.07) is 0. The minimum Gasteiger partial charge on any atom is -0.790 e. The minimum absolute atomic E-state index is 0.0142. The molecule has 0 radical (unpaired) electrons. The quantitative estimate of drug-likeness (QED) is 0.188. The first-order chi connectivity index (χ1) is 16.2. The number of imidazole rings is 1. The number of ether oxygens (including phenoxy) is 3. The molecule has 6 atom stereocenters. The zero-order chi connectivity index (χ0) is 26.0. The Kier molecular flexibility index (Phi) is 8.79. The fraction of sp³-hybridized carbons (Fsp3) is 0.615. The average molecular weight is 561 g/mol. The fourth-order valence-corrected chi connectivity index (χ4v) is 5.90. The Bertz CT molecular complexity index is 1170. The van der Waals surface area contributed by atoms with Crippen LogP contribution < -0.4 is 25.3 Å². The molecule has 35 heavy (non-hydrogen) atoms. The first-order valence-corrected chi connectivity index (χ1v) is 13.7. The molecule has 0 aromatic carbocycles. The summed E-state index contributed by atoms with van der Waals surface area (Å²) in [7, 11) is -16.7. The third-order valence-corrected chi connectivity index (χ3v) is 8.03. The molecular formula is C13H18N5O14P3-4. The van der Waals surface area contributed by atoms with Gasteiger partial charge in [-0.1, -0.05) is 0 Å². The molecule has 2 aromatic heterocycles. The van der Waals surface area contributed by atoms with E-state index in [2.05, 4.69) is 28.1 Å². The molecule has 0 aliphatic carbocycles. The predicted molar refractivity (Wildman–Crippen MR) is 102 cm³/mol. The Balaban J connectivity index is 1.77. The van der Waals surface area contributed by atoms with Gasteiger partial charge in [0.15, 0.2) is 17.7 Å². The average Bonchev–Trinajstić information content (AvgIpc) is 3.26. The van der Waals surface area contributed by atoms with Gasteiger partial charge in [0.05, 0.1) is 34.0 Å². The summed E-state index contributed by atoms with van der Waals surface area (Å²) in [6.07, 6.45) is -2.89. The van der Waals surface area contributed by atoms with Crippen molar-refractivity contribution in [2.45, 2.75) is 24.5 Å². The number of phosphoric ester groups is 1. The Morgan fingerprint density at radius 1 is 1.11 bits per heavy atom. The number of nitrogens with two attached hydrogens (primary N) is 1. The summed E-state index contributed by atoms with van der Waals surface area (Å²) < 4.78 is 62.0. The number of nitrogens with zero attached hydrogens (tertiary/aromatic N) is 4. The highest BCUT2D eigenvalue weighted by atomic mass is 31.3. The fourth-order valence-electron chi connectivity index (χ4n) is 3.03. The summed E-state index contributed by atoms with van der Waals surface area (Å²) in [6.45, 7) is -0.902. The van der Waals surface area contributed by atoms with Crippen LogP contribution in [0.3, 0.4) is 0 Å². The molecule has 1 aliphatic rings.